The van der Waals surface area contributed by atoms with Crippen molar-refractivity contribution in [3.05, 3.63) is 52.3 Å². The van der Waals surface area contributed by atoms with Crippen molar-refractivity contribution >= 4 is 29.2 Å². The fourth-order valence-corrected chi connectivity index (χ4v) is 2.94. The second-order valence-corrected chi connectivity index (χ2v) is 6.45. The minimum atomic E-state index is -0.471. The van der Waals surface area contributed by atoms with E-state index in [9.17, 15) is 9.59 Å². The summed E-state index contributed by atoms with van der Waals surface area (Å²) in [4.78, 5) is 24.1. The van der Waals surface area contributed by atoms with Gasteiger partial charge in [0.15, 0.2) is 6.61 Å². The second kappa shape index (κ2) is 6.69. The average Bonchev–Trinajstić information content (AvgIpc) is 3.33. The van der Waals surface area contributed by atoms with Gasteiger partial charge in [0.25, 0.3) is 5.91 Å². The van der Waals surface area contributed by atoms with E-state index in [1.165, 1.54) is 0 Å². The zero-order valence-electron chi connectivity index (χ0n) is 13.6. The molecule has 2 aromatic rings. The number of nitrogens with one attached hydrogen (secondary N) is 1. The maximum absolute atomic E-state index is 12.2. The van der Waals surface area contributed by atoms with E-state index in [0.717, 1.165) is 24.2 Å². The molecule has 3 rings (SSSR count). The molecule has 1 heterocycles. The number of anilines is 1. The minimum Gasteiger partial charge on any atom is -0.452 e. The number of nitrogens with zero attached hydrogens (tertiary/aromatic N) is 1. The molecule has 1 aliphatic carbocycles. The molecule has 126 valence electrons. The van der Waals surface area contributed by atoms with E-state index >= 15 is 0 Å². The van der Waals surface area contributed by atoms with Gasteiger partial charge in [-0.25, -0.2) is 4.79 Å². The Hall–Kier alpha value is -2.27. The Morgan fingerprint density at radius 3 is 2.54 bits per heavy atom. The van der Waals surface area contributed by atoms with E-state index in [2.05, 4.69) is 9.88 Å². The zero-order chi connectivity index (χ0) is 17.3. The predicted octanol–water partition coefficient (Wildman–Crippen LogP) is 3.89. The van der Waals surface area contributed by atoms with E-state index in [1.807, 2.05) is 19.9 Å². The van der Waals surface area contributed by atoms with Crippen molar-refractivity contribution in [1.82, 2.24) is 4.57 Å². The summed E-state index contributed by atoms with van der Waals surface area (Å²) in [7, 11) is 0. The van der Waals surface area contributed by atoms with E-state index in [0.29, 0.717) is 22.3 Å². The van der Waals surface area contributed by atoms with Crippen molar-refractivity contribution in [2.24, 2.45) is 0 Å². The Balaban J connectivity index is 1.58. The first-order valence-corrected chi connectivity index (χ1v) is 8.24. The van der Waals surface area contributed by atoms with Crippen LogP contribution in [0.1, 0.15) is 40.6 Å². The molecule has 1 amide bonds. The average molecular weight is 347 g/mol. The number of rotatable bonds is 5. The maximum Gasteiger partial charge on any atom is 0.340 e. The van der Waals surface area contributed by atoms with Crippen LogP contribution in [0.4, 0.5) is 5.69 Å². The first-order chi connectivity index (χ1) is 11.5. The van der Waals surface area contributed by atoms with Gasteiger partial charge in [-0.2, -0.15) is 0 Å². The van der Waals surface area contributed by atoms with Crippen LogP contribution in [-0.2, 0) is 9.53 Å². The van der Waals surface area contributed by atoms with Crippen LogP contribution in [0.5, 0.6) is 0 Å². The third-order valence-electron chi connectivity index (χ3n) is 4.08. The van der Waals surface area contributed by atoms with Crippen LogP contribution >= 0.6 is 11.6 Å². The van der Waals surface area contributed by atoms with Crippen molar-refractivity contribution in [1.29, 1.82) is 0 Å². The maximum atomic E-state index is 12.2. The van der Waals surface area contributed by atoms with E-state index < -0.39 is 5.97 Å². The highest BCUT2D eigenvalue weighted by molar-refractivity contribution is 6.30. The fraction of sp³-hybridized carbons (Fsp3) is 0.333. The highest BCUT2D eigenvalue weighted by Gasteiger charge is 2.28. The number of aryl methyl sites for hydroxylation is 1. The Morgan fingerprint density at radius 1 is 1.25 bits per heavy atom. The van der Waals surface area contributed by atoms with Gasteiger partial charge in [-0.15, -0.1) is 0 Å². The second-order valence-electron chi connectivity index (χ2n) is 6.02. The topological polar surface area (TPSA) is 60.3 Å². The summed E-state index contributed by atoms with van der Waals surface area (Å²) < 4.78 is 7.32. The quantitative estimate of drug-likeness (QED) is 0.835. The van der Waals surface area contributed by atoms with Crippen molar-refractivity contribution in [2.45, 2.75) is 32.7 Å². The van der Waals surface area contributed by atoms with E-state index in [-0.39, 0.29) is 12.5 Å². The molecule has 6 heteroatoms. The fourth-order valence-electron chi connectivity index (χ4n) is 2.82. The zero-order valence-corrected chi connectivity index (χ0v) is 14.4. The number of hydrogen-bond acceptors (Lipinski definition) is 3. The molecule has 1 aromatic carbocycles. The molecule has 0 aliphatic heterocycles. The number of amides is 1. The number of benzene rings is 1. The van der Waals surface area contributed by atoms with Crippen LogP contribution in [0.3, 0.4) is 0 Å². The summed E-state index contributed by atoms with van der Waals surface area (Å²) in [6.45, 7) is 3.57. The van der Waals surface area contributed by atoms with Crippen LogP contribution in [0.25, 0.3) is 0 Å². The van der Waals surface area contributed by atoms with Gasteiger partial charge in [0.05, 0.1) is 5.56 Å². The molecule has 24 heavy (non-hydrogen) atoms. The van der Waals surface area contributed by atoms with Gasteiger partial charge in [-0.1, -0.05) is 11.6 Å². The summed E-state index contributed by atoms with van der Waals surface area (Å²) in [5.74, 6) is -0.858. The van der Waals surface area contributed by atoms with Gasteiger partial charge in [-0.3, -0.25) is 4.79 Å². The largest absolute Gasteiger partial charge is 0.452 e. The monoisotopic (exact) mass is 346 g/mol. The smallest absolute Gasteiger partial charge is 0.340 e. The molecule has 1 aromatic heterocycles. The molecular formula is C18H19ClN2O3. The van der Waals surface area contributed by atoms with Gasteiger partial charge in [0.2, 0.25) is 0 Å². The molecular weight excluding hydrogens is 328 g/mol. The molecule has 0 radical (unpaired) electrons. The van der Waals surface area contributed by atoms with E-state index in [4.69, 9.17) is 16.3 Å². The highest BCUT2D eigenvalue weighted by Crippen LogP contribution is 2.38. The lowest BCUT2D eigenvalue weighted by molar-refractivity contribution is -0.119. The Labute approximate surface area is 145 Å². The molecule has 1 fully saturated rings. The molecule has 0 bridgehead atoms. The van der Waals surface area contributed by atoms with Gasteiger partial charge in [0, 0.05) is 28.1 Å². The molecule has 1 N–H and O–H groups in total. The normalized spacial score (nSPS) is 13.6. The molecule has 1 saturated carbocycles. The van der Waals surface area contributed by atoms with Gasteiger partial charge in [-0.05, 0) is 57.0 Å². The Kier molecular flexibility index (Phi) is 4.62. The Morgan fingerprint density at radius 2 is 1.92 bits per heavy atom. The molecule has 1 aliphatic rings. The van der Waals surface area contributed by atoms with Crippen LogP contribution < -0.4 is 5.32 Å². The van der Waals surface area contributed by atoms with Crippen molar-refractivity contribution in [2.75, 3.05) is 11.9 Å². The summed E-state index contributed by atoms with van der Waals surface area (Å²) in [5, 5.41) is 3.24. The van der Waals surface area contributed by atoms with Crippen LogP contribution in [0.2, 0.25) is 5.02 Å². The third-order valence-corrected chi connectivity index (χ3v) is 4.33. The van der Waals surface area contributed by atoms with Crippen LogP contribution in [0.15, 0.2) is 30.3 Å². The SMILES string of the molecule is Cc1cc(C(=O)OCC(=O)Nc2ccc(Cl)cc2)c(C)n1C1CC1. The Bertz CT molecular complexity index is 776. The first-order valence-electron chi connectivity index (χ1n) is 7.86. The number of ether oxygens (including phenoxy) is 1. The number of carbonyl (C=O) groups is 2. The summed E-state index contributed by atoms with van der Waals surface area (Å²) in [6.07, 6.45) is 2.29. The lowest BCUT2D eigenvalue weighted by atomic mass is 10.2. The van der Waals surface area contributed by atoms with E-state index in [1.54, 1.807) is 24.3 Å². The van der Waals surface area contributed by atoms with Crippen LogP contribution in [-0.4, -0.2) is 23.1 Å². The number of esters is 1. The number of hydrogen-bond donors (Lipinski definition) is 1. The lowest BCUT2D eigenvalue weighted by Crippen LogP contribution is -2.21. The summed E-state index contributed by atoms with van der Waals surface area (Å²) in [5.41, 5.74) is 3.08. The summed E-state index contributed by atoms with van der Waals surface area (Å²) >= 11 is 5.79. The first kappa shape index (κ1) is 16.6. The highest BCUT2D eigenvalue weighted by atomic mass is 35.5. The molecule has 0 spiro atoms. The molecule has 5 nitrogen and oxygen atoms in total. The van der Waals surface area contributed by atoms with Gasteiger partial charge < -0.3 is 14.6 Å². The summed E-state index contributed by atoms with van der Waals surface area (Å²) in [6, 6.07) is 9.05. The standard InChI is InChI=1S/C18H19ClN2O3/c1-11-9-16(12(2)21(11)15-7-8-15)18(23)24-10-17(22)20-14-5-3-13(19)4-6-14/h3-6,9,15H,7-8,10H2,1-2H3,(H,20,22). The number of carbonyl (C=O) groups excluding carboxylic acids is 2. The third kappa shape index (κ3) is 3.62. The number of halogens is 1. The van der Waals surface area contributed by atoms with Crippen molar-refractivity contribution in [3.8, 4) is 0 Å². The minimum absolute atomic E-state index is 0.325. The number of aromatic nitrogens is 1. The molecule has 0 unspecified atom stereocenters. The van der Waals surface area contributed by atoms with Crippen LogP contribution in [0, 0.1) is 13.8 Å². The van der Waals surface area contributed by atoms with Gasteiger partial charge >= 0.3 is 5.97 Å². The predicted molar refractivity (Wildman–Crippen MR) is 92.5 cm³/mol. The molecule has 0 saturated heterocycles. The van der Waals surface area contributed by atoms with Gasteiger partial charge in [0.1, 0.15) is 0 Å². The van der Waals surface area contributed by atoms with Crippen molar-refractivity contribution < 1.29 is 14.3 Å². The lowest BCUT2D eigenvalue weighted by Gasteiger charge is -2.08. The molecule has 0 atom stereocenters. The van der Waals surface area contributed by atoms with Crippen molar-refractivity contribution in [3.63, 3.8) is 0 Å².